The molecule has 0 saturated carbocycles. The largest absolute Gasteiger partial charge is 0.462 e. The monoisotopic (exact) mass is 274 g/mol. The Kier molecular flexibility index (Phi) is 7.06. The quantitative estimate of drug-likeness (QED) is 0.421. The first-order chi connectivity index (χ1) is 8.24. The van der Waals surface area contributed by atoms with Crippen molar-refractivity contribution in [3.63, 3.8) is 0 Å². The highest BCUT2D eigenvalue weighted by atomic mass is 35.5. The Morgan fingerprint density at radius 3 is 2.65 bits per heavy atom. The van der Waals surface area contributed by atoms with Crippen molar-refractivity contribution < 1.29 is 9.53 Å². The van der Waals surface area contributed by atoms with Crippen molar-refractivity contribution in [2.75, 3.05) is 12.5 Å². The lowest BCUT2D eigenvalue weighted by Crippen LogP contribution is -2.06. The molecule has 17 heavy (non-hydrogen) atoms. The topological polar surface area (TPSA) is 26.3 Å². The first-order valence-corrected chi connectivity index (χ1v) is 6.64. The molecule has 0 amide bonds. The number of carbonyl (C=O) groups is 1. The van der Waals surface area contributed by atoms with Gasteiger partial charge in [-0.2, -0.15) is 0 Å². The fourth-order valence-corrected chi connectivity index (χ4v) is 1.79. The minimum Gasteiger partial charge on any atom is -0.462 e. The maximum atomic E-state index is 11.6. The second kappa shape index (κ2) is 8.37. The van der Waals surface area contributed by atoms with Crippen LogP contribution in [0.2, 0.25) is 5.02 Å². The predicted molar refractivity (Wildman–Crippen MR) is 70.9 cm³/mol. The van der Waals surface area contributed by atoms with Crippen molar-refractivity contribution in [3.05, 3.63) is 34.9 Å². The van der Waals surface area contributed by atoms with Gasteiger partial charge in [0.25, 0.3) is 0 Å². The summed E-state index contributed by atoms with van der Waals surface area (Å²) in [4.78, 5) is 11.6. The van der Waals surface area contributed by atoms with Crippen LogP contribution < -0.4 is 0 Å². The van der Waals surface area contributed by atoms with E-state index in [-0.39, 0.29) is 5.97 Å². The zero-order valence-electron chi connectivity index (χ0n) is 9.62. The molecule has 0 aromatic heterocycles. The van der Waals surface area contributed by atoms with Crippen molar-refractivity contribution in [1.29, 1.82) is 0 Å². The van der Waals surface area contributed by atoms with Crippen molar-refractivity contribution in [3.8, 4) is 0 Å². The third-order valence-corrected chi connectivity index (χ3v) is 2.82. The van der Waals surface area contributed by atoms with Gasteiger partial charge in [0.2, 0.25) is 0 Å². The number of rotatable bonds is 7. The van der Waals surface area contributed by atoms with Crippen LogP contribution in [0.5, 0.6) is 0 Å². The van der Waals surface area contributed by atoms with Gasteiger partial charge in [0, 0.05) is 10.9 Å². The summed E-state index contributed by atoms with van der Waals surface area (Å²) in [7, 11) is 0. The highest BCUT2D eigenvalue weighted by Gasteiger charge is 2.06. The second-order valence-corrected chi connectivity index (χ2v) is 4.56. The summed E-state index contributed by atoms with van der Waals surface area (Å²) in [6, 6.07) is 6.77. The lowest BCUT2D eigenvalue weighted by atomic mass is 10.2. The second-order valence-electron chi connectivity index (χ2n) is 3.75. The van der Waals surface area contributed by atoms with E-state index in [1.165, 1.54) is 0 Å². The molecule has 2 nitrogen and oxygen atoms in total. The Hall–Kier alpha value is -0.730. The molecule has 0 aliphatic carbocycles. The molecule has 1 aromatic carbocycles. The summed E-state index contributed by atoms with van der Waals surface area (Å²) in [6.07, 6.45) is 4.01. The zero-order chi connectivity index (χ0) is 12.5. The molecule has 0 saturated heterocycles. The average molecular weight is 275 g/mol. The number of carbonyl (C=O) groups excluding carboxylic acids is 1. The Bertz CT molecular complexity index is 353. The van der Waals surface area contributed by atoms with Gasteiger partial charge in [0.05, 0.1) is 12.2 Å². The SMILES string of the molecule is O=C(OCCCCCCCl)c1cccc(Cl)c1. The normalized spacial score (nSPS) is 10.2. The molecule has 0 N–H and O–H groups in total. The molecule has 1 aromatic rings. The van der Waals surface area contributed by atoms with Crippen LogP contribution in [0.15, 0.2) is 24.3 Å². The van der Waals surface area contributed by atoms with Crippen molar-refractivity contribution in [2.45, 2.75) is 25.7 Å². The van der Waals surface area contributed by atoms with Crippen LogP contribution in [-0.2, 0) is 4.74 Å². The van der Waals surface area contributed by atoms with Crippen LogP contribution >= 0.6 is 23.2 Å². The molecule has 0 atom stereocenters. The highest BCUT2D eigenvalue weighted by Crippen LogP contribution is 2.12. The van der Waals surface area contributed by atoms with E-state index in [1.54, 1.807) is 24.3 Å². The third-order valence-electron chi connectivity index (χ3n) is 2.32. The van der Waals surface area contributed by atoms with E-state index in [4.69, 9.17) is 27.9 Å². The van der Waals surface area contributed by atoms with E-state index in [1.807, 2.05) is 0 Å². The van der Waals surface area contributed by atoms with Gasteiger partial charge < -0.3 is 4.74 Å². The third kappa shape index (κ3) is 5.94. The van der Waals surface area contributed by atoms with Gasteiger partial charge >= 0.3 is 5.97 Å². The standard InChI is InChI=1S/C13H16Cl2O2/c14-8-3-1-2-4-9-17-13(16)11-6-5-7-12(15)10-11/h5-7,10H,1-4,8-9H2. The number of unbranched alkanes of at least 4 members (excludes halogenated alkanes) is 3. The van der Waals surface area contributed by atoms with Crippen molar-refractivity contribution in [1.82, 2.24) is 0 Å². The summed E-state index contributed by atoms with van der Waals surface area (Å²) in [5.41, 5.74) is 0.498. The van der Waals surface area contributed by atoms with Gasteiger partial charge in [-0.1, -0.05) is 30.5 Å². The molecular formula is C13H16Cl2O2. The summed E-state index contributed by atoms with van der Waals surface area (Å²) in [5, 5.41) is 0.543. The van der Waals surface area contributed by atoms with Crippen molar-refractivity contribution >= 4 is 29.2 Å². The number of halogens is 2. The molecule has 0 radical (unpaired) electrons. The van der Waals surface area contributed by atoms with E-state index in [0.29, 0.717) is 23.1 Å². The van der Waals surface area contributed by atoms with Crippen LogP contribution in [0.1, 0.15) is 36.0 Å². The Balaban J connectivity index is 2.21. The summed E-state index contributed by atoms with van der Waals surface area (Å²) >= 11 is 11.3. The summed E-state index contributed by atoms with van der Waals surface area (Å²) in [6.45, 7) is 0.452. The number of benzene rings is 1. The van der Waals surface area contributed by atoms with E-state index < -0.39 is 0 Å². The number of hydrogen-bond acceptors (Lipinski definition) is 2. The molecule has 0 spiro atoms. The molecule has 0 fully saturated rings. The maximum Gasteiger partial charge on any atom is 0.338 e. The van der Waals surface area contributed by atoms with E-state index >= 15 is 0 Å². The van der Waals surface area contributed by atoms with Gasteiger partial charge in [0.15, 0.2) is 0 Å². The molecule has 0 aliphatic heterocycles. The van der Waals surface area contributed by atoms with E-state index in [2.05, 4.69) is 0 Å². The zero-order valence-corrected chi connectivity index (χ0v) is 11.1. The summed E-state index contributed by atoms with van der Waals surface area (Å²) in [5.74, 6) is 0.382. The average Bonchev–Trinajstić information content (AvgIpc) is 2.33. The van der Waals surface area contributed by atoms with Crippen molar-refractivity contribution in [2.24, 2.45) is 0 Å². The van der Waals surface area contributed by atoms with Crippen LogP contribution in [0.3, 0.4) is 0 Å². The molecule has 1 rings (SSSR count). The molecule has 0 aliphatic rings. The fraction of sp³-hybridized carbons (Fsp3) is 0.462. The molecular weight excluding hydrogens is 259 g/mol. The van der Waals surface area contributed by atoms with Gasteiger partial charge in [-0.3, -0.25) is 0 Å². The minimum absolute atomic E-state index is 0.315. The minimum atomic E-state index is -0.315. The molecule has 0 bridgehead atoms. The van der Waals surface area contributed by atoms with E-state index in [9.17, 15) is 4.79 Å². The van der Waals surface area contributed by atoms with Gasteiger partial charge in [-0.25, -0.2) is 4.79 Å². The fourth-order valence-electron chi connectivity index (χ4n) is 1.41. The lowest BCUT2D eigenvalue weighted by Gasteiger charge is -2.04. The first-order valence-electron chi connectivity index (χ1n) is 5.72. The molecule has 4 heteroatoms. The number of alkyl halides is 1. The van der Waals surface area contributed by atoms with Gasteiger partial charge in [-0.15, -0.1) is 11.6 Å². The van der Waals surface area contributed by atoms with Gasteiger partial charge in [0.1, 0.15) is 0 Å². The summed E-state index contributed by atoms with van der Waals surface area (Å²) < 4.78 is 5.13. The molecule has 0 unspecified atom stereocenters. The molecule has 0 heterocycles. The predicted octanol–water partition coefficient (Wildman–Crippen LogP) is 4.30. The highest BCUT2D eigenvalue weighted by molar-refractivity contribution is 6.30. The first kappa shape index (κ1) is 14.3. The van der Waals surface area contributed by atoms with Gasteiger partial charge in [-0.05, 0) is 31.0 Å². The maximum absolute atomic E-state index is 11.6. The van der Waals surface area contributed by atoms with Crippen LogP contribution in [0.25, 0.3) is 0 Å². The van der Waals surface area contributed by atoms with Crippen LogP contribution in [-0.4, -0.2) is 18.5 Å². The number of esters is 1. The Labute approximate surface area is 112 Å². The Morgan fingerprint density at radius 1 is 1.18 bits per heavy atom. The van der Waals surface area contributed by atoms with E-state index in [0.717, 1.165) is 25.7 Å². The lowest BCUT2D eigenvalue weighted by molar-refractivity contribution is 0.0498. The number of hydrogen-bond donors (Lipinski definition) is 0. The number of ether oxygens (including phenoxy) is 1. The Morgan fingerprint density at radius 2 is 1.94 bits per heavy atom. The van der Waals surface area contributed by atoms with Crippen LogP contribution in [0, 0.1) is 0 Å². The van der Waals surface area contributed by atoms with Crippen LogP contribution in [0.4, 0.5) is 0 Å². The smallest absolute Gasteiger partial charge is 0.338 e. The molecule has 94 valence electrons.